The van der Waals surface area contributed by atoms with Crippen LogP contribution in [0.25, 0.3) is 11.4 Å². The van der Waals surface area contributed by atoms with E-state index in [0.717, 1.165) is 35.1 Å². The minimum atomic E-state index is -0.410. The van der Waals surface area contributed by atoms with E-state index in [2.05, 4.69) is 26.2 Å². The molecule has 0 aliphatic heterocycles. The van der Waals surface area contributed by atoms with E-state index in [1.807, 2.05) is 31.2 Å². The number of methoxy groups -OCH3 is 1. The number of benzene rings is 2. The van der Waals surface area contributed by atoms with Crippen LogP contribution in [-0.4, -0.2) is 33.0 Å². The van der Waals surface area contributed by atoms with E-state index in [1.54, 1.807) is 31.4 Å². The second kappa shape index (κ2) is 10.5. The molecule has 7 nitrogen and oxygen atoms in total. The number of nitriles is 1. The van der Waals surface area contributed by atoms with Gasteiger partial charge in [0.25, 0.3) is 0 Å². The Hall–Kier alpha value is -3.31. The van der Waals surface area contributed by atoms with Crippen molar-refractivity contribution in [3.8, 4) is 23.2 Å². The zero-order valence-corrected chi connectivity index (χ0v) is 19.6. The summed E-state index contributed by atoms with van der Waals surface area (Å²) < 4.78 is 7.50. The zero-order chi connectivity index (χ0) is 23.2. The third kappa shape index (κ3) is 5.20. The number of thioether (sulfide) groups is 1. The van der Waals surface area contributed by atoms with Gasteiger partial charge >= 0.3 is 0 Å². The second-order valence-corrected chi connectivity index (χ2v) is 9.41. The SMILES string of the molecule is COc1ccc(-c2nnc(SC(C)C(=O)Nc3ccccc3C#N)n2C2CCCCC2)cc1. The first kappa shape index (κ1) is 22.9. The highest BCUT2D eigenvalue weighted by atomic mass is 32.2. The van der Waals surface area contributed by atoms with Crippen molar-refractivity contribution >= 4 is 23.4 Å². The fraction of sp³-hybridized carbons (Fsp3) is 0.360. The maximum absolute atomic E-state index is 12.9. The molecule has 170 valence electrons. The average Bonchev–Trinajstić information content (AvgIpc) is 3.28. The Balaban J connectivity index is 1.59. The first-order chi connectivity index (χ1) is 16.1. The van der Waals surface area contributed by atoms with Crippen molar-refractivity contribution in [1.82, 2.24) is 14.8 Å². The molecule has 1 unspecified atom stereocenters. The van der Waals surface area contributed by atoms with Crippen LogP contribution < -0.4 is 10.1 Å². The molecule has 33 heavy (non-hydrogen) atoms. The van der Waals surface area contributed by atoms with Crippen LogP contribution in [0.4, 0.5) is 5.69 Å². The number of para-hydroxylation sites is 1. The number of rotatable bonds is 7. The van der Waals surface area contributed by atoms with E-state index in [-0.39, 0.29) is 5.91 Å². The molecule has 1 fully saturated rings. The van der Waals surface area contributed by atoms with Crippen LogP contribution in [-0.2, 0) is 4.79 Å². The predicted octanol–water partition coefficient (Wildman–Crippen LogP) is 5.45. The molecule has 0 saturated heterocycles. The predicted molar refractivity (Wildman–Crippen MR) is 129 cm³/mol. The van der Waals surface area contributed by atoms with Gasteiger partial charge in [-0.25, -0.2) is 0 Å². The molecule has 1 N–H and O–H groups in total. The van der Waals surface area contributed by atoms with Gasteiger partial charge in [0, 0.05) is 11.6 Å². The fourth-order valence-corrected chi connectivity index (χ4v) is 5.02. The van der Waals surface area contributed by atoms with Crippen LogP contribution in [0.2, 0.25) is 0 Å². The maximum Gasteiger partial charge on any atom is 0.237 e. The van der Waals surface area contributed by atoms with E-state index in [0.29, 0.717) is 17.3 Å². The van der Waals surface area contributed by atoms with Crippen LogP contribution in [0.1, 0.15) is 50.6 Å². The fourth-order valence-electron chi connectivity index (χ4n) is 4.10. The molecule has 1 heterocycles. The normalized spacial score (nSPS) is 14.9. The Kier molecular flexibility index (Phi) is 7.30. The van der Waals surface area contributed by atoms with E-state index >= 15 is 0 Å². The number of hydrogen-bond acceptors (Lipinski definition) is 6. The molecule has 8 heteroatoms. The maximum atomic E-state index is 12.9. The Morgan fingerprint density at radius 1 is 1.15 bits per heavy atom. The number of amides is 1. The largest absolute Gasteiger partial charge is 0.497 e. The summed E-state index contributed by atoms with van der Waals surface area (Å²) in [6.45, 7) is 1.85. The van der Waals surface area contributed by atoms with E-state index < -0.39 is 5.25 Å². The van der Waals surface area contributed by atoms with Gasteiger partial charge in [0.2, 0.25) is 5.91 Å². The summed E-state index contributed by atoms with van der Waals surface area (Å²) in [6, 6.07) is 17.3. The standard InChI is InChI=1S/C25H27N5O2S/c1-17(24(31)27-22-11-7-6-8-19(22)16-26)33-25-29-28-23(18-12-14-21(32-2)15-13-18)30(25)20-9-4-3-5-10-20/h6-8,11-15,17,20H,3-5,9-10H2,1-2H3,(H,27,31). The quantitative estimate of drug-likeness (QED) is 0.470. The van der Waals surface area contributed by atoms with Crippen LogP contribution in [0, 0.1) is 11.3 Å². The lowest BCUT2D eigenvalue weighted by Crippen LogP contribution is -2.24. The summed E-state index contributed by atoms with van der Waals surface area (Å²) in [6.07, 6.45) is 5.75. The summed E-state index contributed by atoms with van der Waals surface area (Å²) in [5, 5.41) is 21.5. The minimum absolute atomic E-state index is 0.174. The smallest absolute Gasteiger partial charge is 0.237 e. The van der Waals surface area contributed by atoms with Crippen LogP contribution in [0.3, 0.4) is 0 Å². The number of carbonyl (C=O) groups is 1. The van der Waals surface area contributed by atoms with Crippen molar-refractivity contribution in [1.29, 1.82) is 5.26 Å². The molecule has 0 bridgehead atoms. The number of ether oxygens (including phenoxy) is 1. The highest BCUT2D eigenvalue weighted by molar-refractivity contribution is 8.00. The van der Waals surface area contributed by atoms with Crippen LogP contribution in [0.5, 0.6) is 5.75 Å². The molecule has 1 aliphatic carbocycles. The lowest BCUT2D eigenvalue weighted by atomic mass is 9.95. The first-order valence-corrected chi connectivity index (χ1v) is 12.0. The number of anilines is 1. The molecule has 2 aromatic carbocycles. The zero-order valence-electron chi connectivity index (χ0n) is 18.8. The molecular weight excluding hydrogens is 434 g/mol. The molecule has 4 rings (SSSR count). The van der Waals surface area contributed by atoms with Crippen molar-refractivity contribution < 1.29 is 9.53 Å². The lowest BCUT2D eigenvalue weighted by molar-refractivity contribution is -0.115. The molecule has 1 saturated carbocycles. The molecular formula is C25H27N5O2S. The van der Waals surface area contributed by atoms with Crippen molar-refractivity contribution in [3.63, 3.8) is 0 Å². The molecule has 1 aliphatic rings. The summed E-state index contributed by atoms with van der Waals surface area (Å²) in [7, 11) is 1.65. The highest BCUT2D eigenvalue weighted by Gasteiger charge is 2.26. The van der Waals surface area contributed by atoms with Gasteiger partial charge in [0.05, 0.1) is 23.6 Å². The number of hydrogen-bond donors (Lipinski definition) is 1. The van der Waals surface area contributed by atoms with Gasteiger partial charge in [-0.15, -0.1) is 10.2 Å². The number of nitrogens with zero attached hydrogens (tertiary/aromatic N) is 4. The second-order valence-electron chi connectivity index (χ2n) is 8.10. The van der Waals surface area contributed by atoms with Gasteiger partial charge in [-0.05, 0) is 56.2 Å². The molecule has 0 spiro atoms. The third-order valence-corrected chi connectivity index (χ3v) is 6.97. The van der Waals surface area contributed by atoms with Crippen molar-refractivity contribution in [2.45, 2.75) is 55.5 Å². The molecule has 1 atom stereocenters. The Labute approximate surface area is 198 Å². The molecule has 1 amide bonds. The van der Waals surface area contributed by atoms with Crippen molar-refractivity contribution in [3.05, 3.63) is 54.1 Å². The van der Waals surface area contributed by atoms with Gasteiger partial charge in [-0.2, -0.15) is 5.26 Å². The molecule has 1 aromatic heterocycles. The number of carbonyl (C=O) groups excluding carboxylic acids is 1. The number of aromatic nitrogens is 3. The summed E-state index contributed by atoms with van der Waals surface area (Å²) in [5.74, 6) is 1.43. The summed E-state index contributed by atoms with van der Waals surface area (Å²) in [4.78, 5) is 12.9. The van der Waals surface area contributed by atoms with Gasteiger partial charge in [0.15, 0.2) is 11.0 Å². The highest BCUT2D eigenvalue weighted by Crippen LogP contribution is 2.37. The van der Waals surface area contributed by atoms with Crippen LogP contribution in [0.15, 0.2) is 53.7 Å². The third-order valence-electron chi connectivity index (χ3n) is 5.91. The summed E-state index contributed by atoms with van der Waals surface area (Å²) >= 11 is 1.40. The van der Waals surface area contributed by atoms with Gasteiger partial charge in [-0.3, -0.25) is 9.36 Å². The van der Waals surface area contributed by atoms with Crippen molar-refractivity contribution in [2.24, 2.45) is 0 Å². The van der Waals surface area contributed by atoms with E-state index in [1.165, 1.54) is 31.0 Å². The molecule has 3 aromatic rings. The lowest BCUT2D eigenvalue weighted by Gasteiger charge is -2.26. The molecule has 0 radical (unpaired) electrons. The Morgan fingerprint density at radius 2 is 1.88 bits per heavy atom. The van der Waals surface area contributed by atoms with Gasteiger partial charge < -0.3 is 10.1 Å². The number of nitrogens with one attached hydrogen (secondary N) is 1. The topological polar surface area (TPSA) is 92.8 Å². The minimum Gasteiger partial charge on any atom is -0.497 e. The first-order valence-electron chi connectivity index (χ1n) is 11.2. The Bertz CT molecular complexity index is 1150. The van der Waals surface area contributed by atoms with Crippen molar-refractivity contribution in [2.75, 3.05) is 12.4 Å². The Morgan fingerprint density at radius 3 is 2.58 bits per heavy atom. The van der Waals surface area contributed by atoms with Crippen LogP contribution >= 0.6 is 11.8 Å². The summed E-state index contributed by atoms with van der Waals surface area (Å²) in [5.41, 5.74) is 1.93. The average molecular weight is 462 g/mol. The monoisotopic (exact) mass is 461 g/mol. The van der Waals surface area contributed by atoms with Gasteiger partial charge in [0.1, 0.15) is 11.8 Å². The van der Waals surface area contributed by atoms with Gasteiger partial charge in [-0.1, -0.05) is 43.2 Å². The van der Waals surface area contributed by atoms with E-state index in [4.69, 9.17) is 4.74 Å². The van der Waals surface area contributed by atoms with E-state index in [9.17, 15) is 10.1 Å².